The van der Waals surface area contributed by atoms with Gasteiger partial charge in [0.25, 0.3) is 0 Å². The molecule has 19 heavy (non-hydrogen) atoms. The van der Waals surface area contributed by atoms with Crippen LogP contribution in [0.1, 0.15) is 25.8 Å². The molecule has 1 nitrogen and oxygen atoms in total. The van der Waals surface area contributed by atoms with Gasteiger partial charge >= 0.3 is 0 Å². The average Bonchev–Trinajstić information content (AvgIpc) is 2.36. The van der Waals surface area contributed by atoms with Gasteiger partial charge in [-0.15, -0.1) is 0 Å². The van der Waals surface area contributed by atoms with Gasteiger partial charge in [0.05, 0.1) is 0 Å². The van der Waals surface area contributed by atoms with Crippen LogP contribution in [-0.4, -0.2) is 13.1 Å². The average molecular weight is 253 g/mol. The predicted molar refractivity (Wildman–Crippen MR) is 82.4 cm³/mol. The van der Waals surface area contributed by atoms with Crippen molar-refractivity contribution in [2.75, 3.05) is 13.1 Å². The molecule has 0 unspecified atom stereocenters. The number of nitrogens with one attached hydrogen (secondary N) is 1. The van der Waals surface area contributed by atoms with Crippen molar-refractivity contribution in [2.24, 2.45) is 11.3 Å². The van der Waals surface area contributed by atoms with Crippen molar-refractivity contribution < 1.29 is 0 Å². The summed E-state index contributed by atoms with van der Waals surface area (Å²) < 4.78 is 0. The zero-order valence-corrected chi connectivity index (χ0v) is 11.9. The summed E-state index contributed by atoms with van der Waals surface area (Å²) in [6.07, 6.45) is 2.53. The van der Waals surface area contributed by atoms with Gasteiger partial charge in [-0.2, -0.15) is 0 Å². The van der Waals surface area contributed by atoms with Crippen LogP contribution in [0.2, 0.25) is 0 Å². The predicted octanol–water partition coefficient (Wildman–Crippen LogP) is 4.02. The molecule has 2 aromatic carbocycles. The quantitative estimate of drug-likeness (QED) is 0.868. The summed E-state index contributed by atoms with van der Waals surface area (Å²) in [5.41, 5.74) is 2.00. The molecule has 1 heteroatoms. The molecule has 0 saturated carbocycles. The van der Waals surface area contributed by atoms with E-state index in [4.69, 9.17) is 0 Å². The van der Waals surface area contributed by atoms with Gasteiger partial charge < -0.3 is 5.32 Å². The number of hydrogen-bond donors (Lipinski definition) is 1. The molecule has 0 atom stereocenters. The molecule has 1 saturated heterocycles. The Morgan fingerprint density at radius 3 is 2.47 bits per heavy atom. The Labute approximate surface area is 116 Å². The van der Waals surface area contributed by atoms with Crippen LogP contribution in [0.5, 0.6) is 0 Å². The molecule has 0 spiro atoms. The Morgan fingerprint density at radius 2 is 1.79 bits per heavy atom. The van der Waals surface area contributed by atoms with Crippen LogP contribution in [0.3, 0.4) is 0 Å². The normalized spacial score (nSPS) is 17.6. The highest BCUT2D eigenvalue weighted by atomic mass is 15.0. The van der Waals surface area contributed by atoms with Crippen LogP contribution >= 0.6 is 0 Å². The van der Waals surface area contributed by atoms with E-state index < -0.39 is 0 Å². The Morgan fingerprint density at radius 1 is 1.05 bits per heavy atom. The summed E-state index contributed by atoms with van der Waals surface area (Å²) in [7, 11) is 0. The van der Waals surface area contributed by atoms with Crippen molar-refractivity contribution in [1.82, 2.24) is 5.32 Å². The molecular formula is C18H23N. The van der Waals surface area contributed by atoms with Gasteiger partial charge in [0.15, 0.2) is 0 Å². The van der Waals surface area contributed by atoms with Crippen molar-refractivity contribution in [3.05, 3.63) is 48.0 Å². The summed E-state index contributed by atoms with van der Waals surface area (Å²) in [5.74, 6) is 0.775. The number of benzene rings is 2. The largest absolute Gasteiger partial charge is 0.316 e. The maximum Gasteiger partial charge on any atom is 0.00235 e. The van der Waals surface area contributed by atoms with Crippen molar-refractivity contribution in [1.29, 1.82) is 0 Å². The summed E-state index contributed by atoms with van der Waals surface area (Å²) in [5, 5.41) is 6.27. The van der Waals surface area contributed by atoms with E-state index in [1.807, 2.05) is 0 Å². The van der Waals surface area contributed by atoms with Crippen molar-refractivity contribution >= 4 is 10.8 Å². The van der Waals surface area contributed by atoms with Gasteiger partial charge in [0.1, 0.15) is 0 Å². The van der Waals surface area contributed by atoms with Crippen molar-refractivity contribution in [2.45, 2.75) is 26.7 Å². The third kappa shape index (κ3) is 2.52. The maximum absolute atomic E-state index is 3.48. The second-order valence-corrected chi connectivity index (χ2v) is 6.52. The van der Waals surface area contributed by atoms with Gasteiger partial charge in [-0.05, 0) is 40.5 Å². The first kappa shape index (κ1) is 12.7. The molecule has 0 radical (unpaired) electrons. The number of rotatable bonds is 4. The zero-order chi connectivity index (χ0) is 13.3. The molecule has 3 rings (SSSR count). The SMILES string of the molecule is CC(C)CC1(Cc2cccc3ccccc23)CNC1. The fraction of sp³-hybridized carbons (Fsp3) is 0.444. The third-order valence-corrected chi connectivity index (χ3v) is 4.29. The fourth-order valence-electron chi connectivity index (χ4n) is 3.54. The molecule has 1 N–H and O–H groups in total. The highest BCUT2D eigenvalue weighted by Gasteiger charge is 2.37. The van der Waals surface area contributed by atoms with Gasteiger partial charge in [0.2, 0.25) is 0 Å². The molecule has 0 bridgehead atoms. The zero-order valence-electron chi connectivity index (χ0n) is 11.9. The Kier molecular flexibility index (Phi) is 3.32. The lowest BCUT2D eigenvalue weighted by molar-refractivity contribution is 0.131. The molecule has 0 aliphatic carbocycles. The lowest BCUT2D eigenvalue weighted by Gasteiger charge is -2.44. The van der Waals surface area contributed by atoms with Gasteiger partial charge in [-0.25, -0.2) is 0 Å². The number of hydrogen-bond acceptors (Lipinski definition) is 1. The standard InChI is InChI=1S/C18H23N/c1-14(2)10-18(12-19-13-18)11-16-8-5-7-15-6-3-4-9-17(15)16/h3-9,14,19H,10-13H2,1-2H3. The van der Waals surface area contributed by atoms with E-state index in [-0.39, 0.29) is 0 Å². The van der Waals surface area contributed by atoms with Gasteiger partial charge in [-0.1, -0.05) is 56.3 Å². The smallest absolute Gasteiger partial charge is 0.00235 e. The first-order valence-corrected chi connectivity index (χ1v) is 7.36. The molecular weight excluding hydrogens is 230 g/mol. The van der Waals surface area contributed by atoms with E-state index in [2.05, 4.69) is 61.6 Å². The Balaban J connectivity index is 1.92. The van der Waals surface area contributed by atoms with Crippen LogP contribution < -0.4 is 5.32 Å². The Hall–Kier alpha value is -1.34. The van der Waals surface area contributed by atoms with E-state index in [0.717, 1.165) is 5.92 Å². The highest BCUT2D eigenvalue weighted by molar-refractivity contribution is 5.85. The van der Waals surface area contributed by atoms with Crippen LogP contribution in [-0.2, 0) is 6.42 Å². The maximum atomic E-state index is 3.48. The second kappa shape index (κ2) is 4.97. The van der Waals surface area contributed by atoms with Crippen LogP contribution in [0.4, 0.5) is 0 Å². The molecule has 1 aliphatic heterocycles. The summed E-state index contributed by atoms with van der Waals surface area (Å²) in [6.45, 7) is 7.02. The van der Waals surface area contributed by atoms with Crippen LogP contribution in [0.25, 0.3) is 10.8 Å². The summed E-state index contributed by atoms with van der Waals surface area (Å²) >= 11 is 0. The molecule has 1 aliphatic rings. The van der Waals surface area contributed by atoms with Crippen molar-refractivity contribution in [3.8, 4) is 0 Å². The fourth-order valence-corrected chi connectivity index (χ4v) is 3.54. The minimum atomic E-state index is 0.484. The monoisotopic (exact) mass is 253 g/mol. The molecule has 2 aromatic rings. The van der Waals surface area contributed by atoms with E-state index in [9.17, 15) is 0 Å². The number of fused-ring (bicyclic) bond motifs is 1. The van der Waals surface area contributed by atoms with Gasteiger partial charge in [-0.3, -0.25) is 0 Å². The lowest BCUT2D eigenvalue weighted by atomic mass is 9.70. The first-order chi connectivity index (χ1) is 9.19. The first-order valence-electron chi connectivity index (χ1n) is 7.36. The topological polar surface area (TPSA) is 12.0 Å². The minimum Gasteiger partial charge on any atom is -0.316 e. The van der Waals surface area contributed by atoms with Crippen LogP contribution in [0.15, 0.2) is 42.5 Å². The second-order valence-electron chi connectivity index (χ2n) is 6.52. The molecule has 100 valence electrons. The molecule has 1 heterocycles. The summed E-state index contributed by atoms with van der Waals surface area (Å²) in [6, 6.07) is 15.5. The molecule has 0 amide bonds. The third-order valence-electron chi connectivity index (χ3n) is 4.29. The molecule has 0 aromatic heterocycles. The summed E-state index contributed by atoms with van der Waals surface area (Å²) in [4.78, 5) is 0. The minimum absolute atomic E-state index is 0.484. The van der Waals surface area contributed by atoms with E-state index >= 15 is 0 Å². The van der Waals surface area contributed by atoms with E-state index in [1.165, 1.54) is 42.3 Å². The van der Waals surface area contributed by atoms with Crippen molar-refractivity contribution in [3.63, 3.8) is 0 Å². The van der Waals surface area contributed by atoms with Gasteiger partial charge in [0, 0.05) is 13.1 Å². The van der Waals surface area contributed by atoms with E-state index in [1.54, 1.807) is 0 Å². The molecule has 1 fully saturated rings. The van der Waals surface area contributed by atoms with Crippen LogP contribution in [0, 0.1) is 11.3 Å². The van der Waals surface area contributed by atoms with E-state index in [0.29, 0.717) is 5.41 Å². The Bertz CT molecular complexity index is 561. The highest BCUT2D eigenvalue weighted by Crippen LogP contribution is 2.36. The lowest BCUT2D eigenvalue weighted by Crippen LogP contribution is -2.55.